The summed E-state index contributed by atoms with van der Waals surface area (Å²) in [6.07, 6.45) is 9.82. The summed E-state index contributed by atoms with van der Waals surface area (Å²) in [4.78, 5) is 14.9. The lowest BCUT2D eigenvalue weighted by molar-refractivity contribution is -0.144. The van der Waals surface area contributed by atoms with Gasteiger partial charge in [-0.15, -0.1) is 0 Å². The Labute approximate surface area is 145 Å². The Hall–Kier alpha value is -1.13. The van der Waals surface area contributed by atoms with Gasteiger partial charge in [-0.25, -0.2) is 0 Å². The molecule has 24 heavy (non-hydrogen) atoms. The van der Waals surface area contributed by atoms with E-state index in [1.165, 1.54) is 30.4 Å². The van der Waals surface area contributed by atoms with Crippen molar-refractivity contribution < 1.29 is 14.6 Å². The Morgan fingerprint density at radius 1 is 1.21 bits per heavy atom. The van der Waals surface area contributed by atoms with Gasteiger partial charge in [0.1, 0.15) is 6.10 Å². The smallest absolute Gasteiger partial charge is 0.311 e. The van der Waals surface area contributed by atoms with E-state index in [1.54, 1.807) is 0 Å². The number of nitrogens with zero attached hydrogens (tertiary/aromatic N) is 1. The van der Waals surface area contributed by atoms with Gasteiger partial charge < -0.3 is 14.7 Å². The van der Waals surface area contributed by atoms with Gasteiger partial charge in [-0.05, 0) is 52.6 Å². The van der Waals surface area contributed by atoms with Crippen LogP contribution in [0.25, 0.3) is 0 Å². The summed E-state index contributed by atoms with van der Waals surface area (Å²) in [5.41, 5.74) is 2.46. The van der Waals surface area contributed by atoms with Crippen LogP contribution in [0.1, 0.15) is 52.4 Å². The molecule has 0 saturated carbocycles. The van der Waals surface area contributed by atoms with E-state index in [2.05, 4.69) is 24.8 Å². The Morgan fingerprint density at radius 2 is 1.96 bits per heavy atom. The van der Waals surface area contributed by atoms with Crippen LogP contribution in [0.2, 0.25) is 0 Å². The maximum atomic E-state index is 12.5. The van der Waals surface area contributed by atoms with Gasteiger partial charge in [0.2, 0.25) is 0 Å². The van der Waals surface area contributed by atoms with Crippen molar-refractivity contribution in [3.05, 3.63) is 23.3 Å². The summed E-state index contributed by atoms with van der Waals surface area (Å²) in [5.74, 6) is -0.456. The number of piperidine rings is 1. The fourth-order valence-corrected chi connectivity index (χ4v) is 4.42. The number of carbonyl (C=O) groups excluding carboxylic acids is 1. The molecule has 134 valence electrons. The maximum absolute atomic E-state index is 12.5. The SMILES string of the molecule is C/C1=C\[C@@H](O)[C@@H]2[C@H](C/C(C)=C/CC1)OC(=O)[C@H]2CN1CCCCC1. The van der Waals surface area contributed by atoms with E-state index in [-0.39, 0.29) is 23.9 Å². The van der Waals surface area contributed by atoms with Gasteiger partial charge in [-0.3, -0.25) is 4.79 Å². The van der Waals surface area contributed by atoms with Crippen LogP contribution in [0.4, 0.5) is 0 Å². The van der Waals surface area contributed by atoms with Crippen LogP contribution in [-0.4, -0.2) is 47.8 Å². The van der Waals surface area contributed by atoms with E-state index >= 15 is 0 Å². The van der Waals surface area contributed by atoms with Crippen LogP contribution in [0.5, 0.6) is 0 Å². The summed E-state index contributed by atoms with van der Waals surface area (Å²) < 4.78 is 5.73. The molecule has 0 aromatic rings. The molecular formula is C20H31NO3. The second-order valence-electron chi connectivity index (χ2n) is 7.82. The zero-order valence-electron chi connectivity index (χ0n) is 15.0. The first-order valence-electron chi connectivity index (χ1n) is 9.48. The monoisotopic (exact) mass is 333 g/mol. The molecule has 0 aromatic heterocycles. The lowest BCUT2D eigenvalue weighted by atomic mass is 9.81. The number of ether oxygens (including phenoxy) is 1. The van der Waals surface area contributed by atoms with Crippen molar-refractivity contribution in [2.24, 2.45) is 11.8 Å². The topological polar surface area (TPSA) is 49.8 Å². The van der Waals surface area contributed by atoms with E-state index in [9.17, 15) is 9.90 Å². The molecule has 1 N–H and O–H groups in total. The van der Waals surface area contributed by atoms with Crippen molar-refractivity contribution in [2.75, 3.05) is 19.6 Å². The average Bonchev–Trinajstić information content (AvgIpc) is 2.83. The van der Waals surface area contributed by atoms with Crippen molar-refractivity contribution in [1.82, 2.24) is 4.90 Å². The number of fused-ring (bicyclic) bond motifs is 1. The highest BCUT2D eigenvalue weighted by atomic mass is 16.6. The van der Waals surface area contributed by atoms with Crippen molar-refractivity contribution in [1.29, 1.82) is 0 Å². The van der Waals surface area contributed by atoms with Gasteiger partial charge in [-0.2, -0.15) is 0 Å². The number of hydrogen-bond donors (Lipinski definition) is 1. The lowest BCUT2D eigenvalue weighted by Gasteiger charge is -2.31. The highest BCUT2D eigenvalue weighted by Gasteiger charge is 2.48. The highest BCUT2D eigenvalue weighted by molar-refractivity contribution is 5.76. The molecule has 1 aliphatic carbocycles. The van der Waals surface area contributed by atoms with E-state index in [4.69, 9.17) is 4.74 Å². The van der Waals surface area contributed by atoms with Gasteiger partial charge in [-0.1, -0.05) is 29.7 Å². The van der Waals surface area contributed by atoms with Crippen LogP contribution in [-0.2, 0) is 9.53 Å². The standard InChI is InChI=1S/C20H31NO3/c1-14-7-6-8-15(2)12-18-19(17(22)11-14)16(20(23)24-18)13-21-9-4-3-5-10-21/h8,11,16-19,22H,3-7,9-10,12-13H2,1-2H3/b14-11+,15-8+/t16-,17+,18-,19+/m0/s1. The second-order valence-corrected chi connectivity index (χ2v) is 7.82. The lowest BCUT2D eigenvalue weighted by Crippen LogP contribution is -2.41. The van der Waals surface area contributed by atoms with Crippen LogP contribution >= 0.6 is 0 Å². The number of hydrogen-bond acceptors (Lipinski definition) is 4. The molecule has 0 radical (unpaired) electrons. The molecule has 0 aromatic carbocycles. The number of esters is 1. The number of carbonyl (C=O) groups is 1. The predicted octanol–water partition coefficient (Wildman–Crippen LogP) is 3.07. The third kappa shape index (κ3) is 4.09. The van der Waals surface area contributed by atoms with Gasteiger partial charge in [0.25, 0.3) is 0 Å². The van der Waals surface area contributed by atoms with Crippen LogP contribution in [0.15, 0.2) is 23.3 Å². The molecule has 4 atom stereocenters. The molecule has 4 heteroatoms. The van der Waals surface area contributed by atoms with Crippen molar-refractivity contribution in [3.8, 4) is 0 Å². The number of aliphatic hydroxyl groups excluding tert-OH is 1. The first kappa shape index (κ1) is 17.7. The third-order valence-electron chi connectivity index (χ3n) is 5.77. The number of aliphatic hydroxyl groups is 1. The predicted molar refractivity (Wildman–Crippen MR) is 94.5 cm³/mol. The van der Waals surface area contributed by atoms with Crippen molar-refractivity contribution in [2.45, 2.75) is 64.6 Å². The van der Waals surface area contributed by atoms with E-state index in [0.29, 0.717) is 0 Å². The quantitative estimate of drug-likeness (QED) is 0.623. The molecule has 0 amide bonds. The van der Waals surface area contributed by atoms with E-state index < -0.39 is 6.10 Å². The van der Waals surface area contributed by atoms with Crippen molar-refractivity contribution in [3.63, 3.8) is 0 Å². The highest BCUT2D eigenvalue weighted by Crippen LogP contribution is 2.37. The number of rotatable bonds is 2. The van der Waals surface area contributed by atoms with Gasteiger partial charge >= 0.3 is 5.97 Å². The fourth-order valence-electron chi connectivity index (χ4n) is 4.42. The Balaban J connectivity index is 1.81. The largest absolute Gasteiger partial charge is 0.461 e. The van der Waals surface area contributed by atoms with Crippen LogP contribution in [0.3, 0.4) is 0 Å². The molecule has 2 aliphatic heterocycles. The zero-order chi connectivity index (χ0) is 17.1. The average molecular weight is 333 g/mol. The van der Waals surface area contributed by atoms with Gasteiger partial charge in [0.15, 0.2) is 0 Å². The van der Waals surface area contributed by atoms with E-state index in [0.717, 1.165) is 38.9 Å². The van der Waals surface area contributed by atoms with Gasteiger partial charge in [0.05, 0.1) is 12.0 Å². The molecule has 0 unspecified atom stereocenters. The third-order valence-corrected chi connectivity index (χ3v) is 5.77. The first-order valence-corrected chi connectivity index (χ1v) is 9.48. The normalized spacial score (nSPS) is 40.0. The second kappa shape index (κ2) is 7.83. The van der Waals surface area contributed by atoms with Gasteiger partial charge in [0, 0.05) is 18.9 Å². The molecule has 2 saturated heterocycles. The zero-order valence-corrected chi connectivity index (χ0v) is 15.0. The molecule has 0 bridgehead atoms. The summed E-state index contributed by atoms with van der Waals surface area (Å²) in [5, 5.41) is 10.8. The summed E-state index contributed by atoms with van der Waals surface area (Å²) in [6, 6.07) is 0. The minimum atomic E-state index is -0.595. The maximum Gasteiger partial charge on any atom is 0.311 e. The molecular weight excluding hydrogens is 302 g/mol. The molecule has 3 aliphatic rings. The number of allylic oxidation sites excluding steroid dienone is 2. The van der Waals surface area contributed by atoms with E-state index in [1.807, 2.05) is 6.08 Å². The van der Waals surface area contributed by atoms with Crippen LogP contribution < -0.4 is 0 Å². The Kier molecular flexibility index (Phi) is 5.77. The fraction of sp³-hybridized carbons (Fsp3) is 0.750. The first-order chi connectivity index (χ1) is 11.5. The van der Waals surface area contributed by atoms with Crippen molar-refractivity contribution >= 4 is 5.97 Å². The Bertz CT molecular complexity index is 519. The van der Waals surface area contributed by atoms with Crippen LogP contribution in [0, 0.1) is 11.8 Å². The minimum Gasteiger partial charge on any atom is -0.461 e. The Morgan fingerprint density at radius 3 is 2.71 bits per heavy atom. The molecule has 2 fully saturated rings. The summed E-state index contributed by atoms with van der Waals surface area (Å²) in [7, 11) is 0. The summed E-state index contributed by atoms with van der Waals surface area (Å²) >= 11 is 0. The molecule has 0 spiro atoms. The summed E-state index contributed by atoms with van der Waals surface area (Å²) in [6.45, 7) is 7.03. The minimum absolute atomic E-state index is 0.118. The molecule has 3 rings (SSSR count). The molecule has 4 nitrogen and oxygen atoms in total. The molecule has 2 heterocycles. The number of likely N-dealkylation sites (tertiary alicyclic amines) is 1.